The van der Waals surface area contributed by atoms with Gasteiger partial charge in [-0.3, -0.25) is 0 Å². The van der Waals surface area contributed by atoms with Crippen LogP contribution in [0.2, 0.25) is 0 Å². The predicted octanol–water partition coefficient (Wildman–Crippen LogP) is 1.66. The molecule has 104 valence electrons. The number of ether oxygens (including phenoxy) is 1. The Balaban J connectivity index is 1.94. The molecule has 0 aromatic heterocycles. The largest absolute Gasteiger partial charge is 0.465 e. The van der Waals surface area contributed by atoms with Crippen LogP contribution in [0.3, 0.4) is 0 Å². The first-order valence-electron chi connectivity index (χ1n) is 6.79. The Hall–Kier alpha value is -1.39. The highest BCUT2D eigenvalue weighted by molar-refractivity contribution is 5.90. The Morgan fingerprint density at radius 3 is 2.74 bits per heavy atom. The quantitative estimate of drug-likeness (QED) is 0.838. The summed E-state index contributed by atoms with van der Waals surface area (Å²) in [6.07, 6.45) is 2.33. The van der Waals surface area contributed by atoms with Gasteiger partial charge in [-0.2, -0.15) is 0 Å². The van der Waals surface area contributed by atoms with Crippen molar-refractivity contribution in [1.82, 2.24) is 10.2 Å². The summed E-state index contributed by atoms with van der Waals surface area (Å²) in [6, 6.07) is 8.16. The Morgan fingerprint density at radius 2 is 2.05 bits per heavy atom. The molecule has 19 heavy (non-hydrogen) atoms. The monoisotopic (exact) mass is 262 g/mol. The SMILES string of the molecule is COC(=O)c1ccccc1CNC1CCN(C)CC1. The molecular weight excluding hydrogens is 240 g/mol. The molecule has 1 aliphatic rings. The van der Waals surface area contributed by atoms with Gasteiger partial charge in [-0.25, -0.2) is 4.79 Å². The van der Waals surface area contributed by atoms with Crippen LogP contribution in [0.1, 0.15) is 28.8 Å². The van der Waals surface area contributed by atoms with Crippen LogP contribution in [0, 0.1) is 0 Å². The third-order valence-corrected chi connectivity index (χ3v) is 3.72. The van der Waals surface area contributed by atoms with Crippen LogP contribution in [0.25, 0.3) is 0 Å². The number of nitrogens with zero attached hydrogens (tertiary/aromatic N) is 1. The maximum absolute atomic E-state index is 11.7. The molecule has 1 aliphatic heterocycles. The number of methoxy groups -OCH3 is 1. The number of carbonyl (C=O) groups is 1. The first kappa shape index (κ1) is 14.0. The molecule has 1 aromatic rings. The number of likely N-dealkylation sites (tertiary alicyclic amines) is 1. The van der Waals surface area contributed by atoms with Crippen molar-refractivity contribution < 1.29 is 9.53 Å². The average Bonchev–Trinajstić information content (AvgIpc) is 2.46. The van der Waals surface area contributed by atoms with Crippen molar-refractivity contribution in [2.45, 2.75) is 25.4 Å². The van der Waals surface area contributed by atoms with Crippen LogP contribution >= 0.6 is 0 Å². The van der Waals surface area contributed by atoms with E-state index in [0.717, 1.165) is 38.0 Å². The fraction of sp³-hybridized carbons (Fsp3) is 0.533. The van der Waals surface area contributed by atoms with Crippen molar-refractivity contribution in [2.75, 3.05) is 27.2 Å². The van der Waals surface area contributed by atoms with Gasteiger partial charge in [0, 0.05) is 12.6 Å². The smallest absolute Gasteiger partial charge is 0.338 e. The van der Waals surface area contributed by atoms with E-state index in [1.54, 1.807) is 0 Å². The van der Waals surface area contributed by atoms with E-state index < -0.39 is 0 Å². The number of benzene rings is 1. The highest BCUT2D eigenvalue weighted by Gasteiger charge is 2.17. The Kier molecular flexibility index (Phi) is 4.93. The Morgan fingerprint density at radius 1 is 1.37 bits per heavy atom. The number of rotatable bonds is 4. The lowest BCUT2D eigenvalue weighted by Gasteiger charge is -2.29. The fourth-order valence-electron chi connectivity index (χ4n) is 2.45. The molecule has 0 amide bonds. The van der Waals surface area contributed by atoms with Gasteiger partial charge in [0.25, 0.3) is 0 Å². The highest BCUT2D eigenvalue weighted by atomic mass is 16.5. The highest BCUT2D eigenvalue weighted by Crippen LogP contribution is 2.13. The molecule has 1 aromatic carbocycles. The van der Waals surface area contributed by atoms with Crippen molar-refractivity contribution >= 4 is 5.97 Å². The van der Waals surface area contributed by atoms with Gasteiger partial charge in [-0.1, -0.05) is 18.2 Å². The number of carbonyl (C=O) groups excluding carboxylic acids is 1. The maximum Gasteiger partial charge on any atom is 0.338 e. The van der Waals surface area contributed by atoms with Crippen molar-refractivity contribution in [3.05, 3.63) is 35.4 Å². The third-order valence-electron chi connectivity index (χ3n) is 3.72. The molecule has 1 N–H and O–H groups in total. The Labute approximate surface area is 114 Å². The lowest BCUT2D eigenvalue weighted by Crippen LogP contribution is -2.40. The molecule has 2 rings (SSSR count). The second-order valence-corrected chi connectivity index (χ2v) is 5.11. The second-order valence-electron chi connectivity index (χ2n) is 5.11. The van der Waals surface area contributed by atoms with E-state index >= 15 is 0 Å². The minimum absolute atomic E-state index is 0.263. The molecular formula is C15H22N2O2. The van der Waals surface area contributed by atoms with E-state index in [1.807, 2.05) is 24.3 Å². The number of piperidine rings is 1. The Bertz CT molecular complexity index is 426. The first-order valence-corrected chi connectivity index (χ1v) is 6.79. The summed E-state index contributed by atoms with van der Waals surface area (Å²) in [5.41, 5.74) is 1.67. The van der Waals surface area contributed by atoms with E-state index in [2.05, 4.69) is 17.3 Å². The predicted molar refractivity (Wildman–Crippen MR) is 75.1 cm³/mol. The van der Waals surface area contributed by atoms with Gasteiger partial charge in [-0.05, 0) is 44.6 Å². The molecule has 0 unspecified atom stereocenters. The standard InChI is InChI=1S/C15H22N2O2/c1-17-9-7-13(8-10-17)16-11-12-5-3-4-6-14(12)15(18)19-2/h3-6,13,16H,7-11H2,1-2H3. The summed E-state index contributed by atoms with van der Waals surface area (Å²) in [6.45, 7) is 2.99. The average molecular weight is 262 g/mol. The topological polar surface area (TPSA) is 41.6 Å². The second kappa shape index (κ2) is 6.68. The maximum atomic E-state index is 11.7. The zero-order chi connectivity index (χ0) is 13.7. The summed E-state index contributed by atoms with van der Waals surface area (Å²) in [5.74, 6) is -0.263. The molecule has 1 saturated heterocycles. The molecule has 0 aliphatic carbocycles. The molecule has 1 fully saturated rings. The van der Waals surface area contributed by atoms with Crippen molar-refractivity contribution in [1.29, 1.82) is 0 Å². The van der Waals surface area contributed by atoms with Gasteiger partial charge in [0.15, 0.2) is 0 Å². The minimum atomic E-state index is -0.263. The van der Waals surface area contributed by atoms with Gasteiger partial charge in [0.1, 0.15) is 0 Å². The minimum Gasteiger partial charge on any atom is -0.465 e. The normalized spacial score (nSPS) is 17.4. The van der Waals surface area contributed by atoms with Crippen molar-refractivity contribution in [2.24, 2.45) is 0 Å². The summed E-state index contributed by atoms with van der Waals surface area (Å²) in [7, 11) is 3.58. The molecule has 4 nitrogen and oxygen atoms in total. The number of hydrogen-bond acceptors (Lipinski definition) is 4. The van der Waals surface area contributed by atoms with E-state index in [9.17, 15) is 4.79 Å². The van der Waals surface area contributed by atoms with E-state index in [1.165, 1.54) is 7.11 Å². The van der Waals surface area contributed by atoms with Gasteiger partial charge >= 0.3 is 5.97 Å². The van der Waals surface area contributed by atoms with E-state index in [-0.39, 0.29) is 5.97 Å². The van der Waals surface area contributed by atoms with E-state index in [4.69, 9.17) is 4.74 Å². The van der Waals surface area contributed by atoms with Gasteiger partial charge in [-0.15, -0.1) is 0 Å². The summed E-state index contributed by atoms with van der Waals surface area (Å²) in [5, 5.41) is 3.54. The summed E-state index contributed by atoms with van der Waals surface area (Å²) >= 11 is 0. The molecule has 0 radical (unpaired) electrons. The molecule has 0 bridgehead atoms. The zero-order valence-corrected chi connectivity index (χ0v) is 11.7. The molecule has 0 spiro atoms. The van der Waals surface area contributed by atoms with Gasteiger partial charge in [0.2, 0.25) is 0 Å². The molecule has 0 atom stereocenters. The van der Waals surface area contributed by atoms with Crippen LogP contribution in [0.5, 0.6) is 0 Å². The first-order chi connectivity index (χ1) is 9.20. The summed E-state index contributed by atoms with van der Waals surface area (Å²) in [4.78, 5) is 14.0. The summed E-state index contributed by atoms with van der Waals surface area (Å²) < 4.78 is 4.81. The molecule has 4 heteroatoms. The molecule has 1 heterocycles. The molecule has 0 saturated carbocycles. The number of esters is 1. The lowest BCUT2D eigenvalue weighted by molar-refractivity contribution is 0.0599. The fourth-order valence-corrected chi connectivity index (χ4v) is 2.45. The number of hydrogen-bond donors (Lipinski definition) is 1. The van der Waals surface area contributed by atoms with Crippen LogP contribution in [-0.4, -0.2) is 44.2 Å². The third kappa shape index (κ3) is 3.78. The van der Waals surface area contributed by atoms with E-state index in [0.29, 0.717) is 11.6 Å². The lowest BCUT2D eigenvalue weighted by atomic mass is 10.0. The van der Waals surface area contributed by atoms with Crippen LogP contribution < -0.4 is 5.32 Å². The number of nitrogens with one attached hydrogen (secondary N) is 1. The van der Waals surface area contributed by atoms with Crippen LogP contribution in [0.15, 0.2) is 24.3 Å². The van der Waals surface area contributed by atoms with Gasteiger partial charge < -0.3 is 15.0 Å². The van der Waals surface area contributed by atoms with Crippen LogP contribution in [0.4, 0.5) is 0 Å². The van der Waals surface area contributed by atoms with Crippen LogP contribution in [-0.2, 0) is 11.3 Å². The van der Waals surface area contributed by atoms with Gasteiger partial charge in [0.05, 0.1) is 12.7 Å². The van der Waals surface area contributed by atoms with Crippen molar-refractivity contribution in [3.8, 4) is 0 Å². The zero-order valence-electron chi connectivity index (χ0n) is 11.7. The van der Waals surface area contributed by atoms with Crippen molar-refractivity contribution in [3.63, 3.8) is 0 Å².